The third kappa shape index (κ3) is 6.60. The Morgan fingerprint density at radius 3 is 2.62 bits per heavy atom. The Balaban J connectivity index is 1.77. The zero-order chi connectivity index (χ0) is 24.5. The molecule has 180 valence electrons. The minimum Gasteiger partial charge on any atom is -0.493 e. The quantitative estimate of drug-likeness (QED) is 0.133. The summed E-state index contributed by atoms with van der Waals surface area (Å²) >= 11 is 0. The highest BCUT2D eigenvalue weighted by atomic mass is 16.5. The Kier molecular flexibility index (Phi) is 9.08. The van der Waals surface area contributed by atoms with E-state index >= 15 is 0 Å². The predicted octanol–water partition coefficient (Wildman–Crippen LogP) is 6.50. The molecule has 0 aliphatic heterocycles. The number of esters is 1. The van der Waals surface area contributed by atoms with Crippen molar-refractivity contribution in [3.63, 3.8) is 0 Å². The van der Waals surface area contributed by atoms with Crippen LogP contribution >= 0.6 is 0 Å². The number of unbranched alkanes of at least 4 members (excludes halogenated alkanes) is 2. The second-order valence-electron chi connectivity index (χ2n) is 8.70. The van der Waals surface area contributed by atoms with Crippen LogP contribution in [-0.4, -0.2) is 19.2 Å². The van der Waals surface area contributed by atoms with Gasteiger partial charge in [0.2, 0.25) is 0 Å². The zero-order valence-corrected chi connectivity index (χ0v) is 20.4. The minimum atomic E-state index is -0.451. The van der Waals surface area contributed by atoms with Crippen LogP contribution in [0.4, 0.5) is 0 Å². The van der Waals surface area contributed by atoms with E-state index in [1.54, 1.807) is 6.07 Å². The second kappa shape index (κ2) is 12.2. The first-order chi connectivity index (χ1) is 16.4. The van der Waals surface area contributed by atoms with Gasteiger partial charge in [0.25, 0.3) is 0 Å². The van der Waals surface area contributed by atoms with Gasteiger partial charge in [-0.15, -0.1) is 0 Å². The SMILES string of the molecule is C=CC(=O)OCC(C)COc1ccc2cc(-c3ccc(CCCCC)cc3CC)c(=O)oc2c1. The number of carbonyl (C=O) groups excluding carboxylic acids is 1. The summed E-state index contributed by atoms with van der Waals surface area (Å²) in [6.45, 7) is 10.2. The smallest absolute Gasteiger partial charge is 0.344 e. The molecule has 0 N–H and O–H groups in total. The van der Waals surface area contributed by atoms with Gasteiger partial charge < -0.3 is 13.9 Å². The number of aryl methyl sites for hydroxylation is 2. The van der Waals surface area contributed by atoms with Gasteiger partial charge in [0.1, 0.15) is 11.3 Å². The largest absolute Gasteiger partial charge is 0.493 e. The molecule has 0 spiro atoms. The average molecular weight is 463 g/mol. The second-order valence-corrected chi connectivity index (χ2v) is 8.70. The molecule has 0 bridgehead atoms. The maximum atomic E-state index is 12.9. The fourth-order valence-electron chi connectivity index (χ4n) is 3.88. The minimum absolute atomic E-state index is 0.00592. The van der Waals surface area contributed by atoms with Gasteiger partial charge in [-0.05, 0) is 54.2 Å². The first-order valence-electron chi connectivity index (χ1n) is 12.1. The van der Waals surface area contributed by atoms with Crippen LogP contribution in [0.15, 0.2) is 64.3 Å². The number of rotatable bonds is 12. The molecule has 5 heteroatoms. The summed E-state index contributed by atoms with van der Waals surface area (Å²) < 4.78 is 16.5. The number of carbonyl (C=O) groups is 1. The molecule has 0 radical (unpaired) electrons. The van der Waals surface area contributed by atoms with Crippen LogP contribution in [0.3, 0.4) is 0 Å². The standard InChI is InChI=1S/C29H34O5/c1-5-8-9-10-21-11-14-25(22(6-2)15-21)26-16-23-12-13-24(17-27(23)34-29(26)31)32-18-20(4)19-33-28(30)7-3/h7,11-17,20H,3,5-6,8-10,18-19H2,1-2,4H3. The lowest BCUT2D eigenvalue weighted by molar-refractivity contribution is -0.139. The van der Waals surface area contributed by atoms with E-state index in [4.69, 9.17) is 13.9 Å². The maximum absolute atomic E-state index is 12.9. The van der Waals surface area contributed by atoms with Crippen molar-refractivity contribution in [2.75, 3.05) is 13.2 Å². The molecule has 34 heavy (non-hydrogen) atoms. The molecule has 5 nitrogen and oxygen atoms in total. The first-order valence-corrected chi connectivity index (χ1v) is 12.1. The van der Waals surface area contributed by atoms with Crippen molar-refractivity contribution in [3.8, 4) is 16.9 Å². The highest BCUT2D eigenvalue weighted by Gasteiger charge is 2.13. The van der Waals surface area contributed by atoms with Crippen LogP contribution in [0.25, 0.3) is 22.1 Å². The van der Waals surface area contributed by atoms with Gasteiger partial charge in [-0.25, -0.2) is 9.59 Å². The molecule has 2 aromatic carbocycles. The van der Waals surface area contributed by atoms with E-state index < -0.39 is 5.97 Å². The Bertz CT molecular complexity index is 1190. The summed E-state index contributed by atoms with van der Waals surface area (Å²) in [6.07, 6.45) is 6.66. The molecule has 3 rings (SSSR count). The number of hydrogen-bond acceptors (Lipinski definition) is 5. The van der Waals surface area contributed by atoms with Crippen molar-refractivity contribution in [2.45, 2.75) is 52.9 Å². The molecule has 0 fully saturated rings. The summed E-state index contributed by atoms with van der Waals surface area (Å²) in [4.78, 5) is 24.1. The van der Waals surface area contributed by atoms with Crippen molar-refractivity contribution >= 4 is 16.9 Å². The molecule has 1 aromatic heterocycles. The molecule has 1 atom stereocenters. The first kappa shape index (κ1) is 25.3. The lowest BCUT2D eigenvalue weighted by Gasteiger charge is -2.13. The van der Waals surface area contributed by atoms with E-state index in [2.05, 4.69) is 38.6 Å². The summed E-state index contributed by atoms with van der Waals surface area (Å²) in [5.41, 5.74) is 4.10. The Morgan fingerprint density at radius 1 is 1.06 bits per heavy atom. The van der Waals surface area contributed by atoms with Gasteiger partial charge in [0.15, 0.2) is 0 Å². The molecule has 0 aliphatic carbocycles. The number of fused-ring (bicyclic) bond motifs is 1. The number of benzene rings is 2. The van der Waals surface area contributed by atoms with Crippen LogP contribution in [0.5, 0.6) is 5.75 Å². The molecule has 0 saturated carbocycles. The van der Waals surface area contributed by atoms with Crippen LogP contribution in [0.1, 0.15) is 51.2 Å². The molecule has 1 unspecified atom stereocenters. The van der Waals surface area contributed by atoms with Gasteiger partial charge in [-0.3, -0.25) is 0 Å². The molecule has 3 aromatic rings. The molecule has 1 heterocycles. The van der Waals surface area contributed by atoms with Gasteiger partial charge in [0, 0.05) is 23.4 Å². The van der Waals surface area contributed by atoms with E-state index in [-0.39, 0.29) is 18.2 Å². The van der Waals surface area contributed by atoms with Crippen LogP contribution in [0.2, 0.25) is 0 Å². The van der Waals surface area contributed by atoms with E-state index in [9.17, 15) is 9.59 Å². The molecular formula is C29H34O5. The maximum Gasteiger partial charge on any atom is 0.344 e. The van der Waals surface area contributed by atoms with Gasteiger partial charge >= 0.3 is 11.6 Å². The van der Waals surface area contributed by atoms with E-state index in [0.29, 0.717) is 23.5 Å². The van der Waals surface area contributed by atoms with Crippen molar-refractivity contribution < 1.29 is 18.7 Å². The number of ether oxygens (including phenoxy) is 2. The molecule has 0 saturated heterocycles. The van der Waals surface area contributed by atoms with Crippen LogP contribution in [0, 0.1) is 5.92 Å². The summed E-state index contributed by atoms with van der Waals surface area (Å²) in [6, 6.07) is 13.8. The highest BCUT2D eigenvalue weighted by molar-refractivity contribution is 5.83. The monoisotopic (exact) mass is 462 g/mol. The fourth-order valence-corrected chi connectivity index (χ4v) is 3.88. The topological polar surface area (TPSA) is 65.7 Å². The van der Waals surface area contributed by atoms with E-state index in [1.807, 2.05) is 25.1 Å². The Hall–Kier alpha value is -3.34. The molecule has 0 aliphatic rings. The Labute approximate surface area is 201 Å². The van der Waals surface area contributed by atoms with Crippen molar-refractivity contribution in [1.29, 1.82) is 0 Å². The van der Waals surface area contributed by atoms with Crippen molar-refractivity contribution in [1.82, 2.24) is 0 Å². The zero-order valence-electron chi connectivity index (χ0n) is 20.4. The van der Waals surface area contributed by atoms with Gasteiger partial charge in [-0.2, -0.15) is 0 Å². The van der Waals surface area contributed by atoms with E-state index in [0.717, 1.165) is 35.4 Å². The Morgan fingerprint density at radius 2 is 1.88 bits per heavy atom. The third-order valence-corrected chi connectivity index (χ3v) is 5.83. The lowest BCUT2D eigenvalue weighted by atomic mass is 9.94. The summed E-state index contributed by atoms with van der Waals surface area (Å²) in [5.74, 6) is 0.148. The van der Waals surface area contributed by atoms with Crippen molar-refractivity contribution in [3.05, 3.63) is 76.7 Å². The van der Waals surface area contributed by atoms with E-state index in [1.165, 1.54) is 24.8 Å². The van der Waals surface area contributed by atoms with Crippen LogP contribution < -0.4 is 10.4 Å². The summed E-state index contributed by atoms with van der Waals surface area (Å²) in [7, 11) is 0. The molecule has 0 amide bonds. The number of hydrogen-bond donors (Lipinski definition) is 0. The van der Waals surface area contributed by atoms with Gasteiger partial charge in [-0.1, -0.05) is 58.4 Å². The van der Waals surface area contributed by atoms with Gasteiger partial charge in [0.05, 0.1) is 18.8 Å². The normalized spacial score (nSPS) is 11.9. The lowest BCUT2D eigenvalue weighted by Crippen LogP contribution is -2.16. The highest BCUT2D eigenvalue weighted by Crippen LogP contribution is 2.28. The average Bonchev–Trinajstić information content (AvgIpc) is 2.85. The van der Waals surface area contributed by atoms with Crippen molar-refractivity contribution in [2.24, 2.45) is 5.92 Å². The van der Waals surface area contributed by atoms with Crippen LogP contribution in [-0.2, 0) is 22.4 Å². The predicted molar refractivity (Wildman–Crippen MR) is 136 cm³/mol. The third-order valence-electron chi connectivity index (χ3n) is 5.83. The summed E-state index contributed by atoms with van der Waals surface area (Å²) in [5, 5.41) is 0.837. The fraction of sp³-hybridized carbons (Fsp3) is 0.379. The molecular weight excluding hydrogens is 428 g/mol.